The summed E-state index contributed by atoms with van der Waals surface area (Å²) < 4.78 is 0. The monoisotopic (exact) mass is 284 g/mol. The highest BCUT2D eigenvalue weighted by Crippen LogP contribution is 2.04. The van der Waals surface area contributed by atoms with Gasteiger partial charge in [-0.2, -0.15) is 0 Å². The van der Waals surface area contributed by atoms with E-state index in [2.05, 4.69) is 35.9 Å². The molecule has 0 radical (unpaired) electrons. The fourth-order valence-corrected chi connectivity index (χ4v) is 2.39. The maximum absolute atomic E-state index is 12.0. The lowest BCUT2D eigenvalue weighted by Crippen LogP contribution is -2.43. The predicted octanol–water partition coefficient (Wildman–Crippen LogP) is 0.504. The van der Waals surface area contributed by atoms with E-state index >= 15 is 0 Å². The number of hydrogen-bond donors (Lipinski definition) is 2. The molecule has 1 unspecified atom stereocenters. The smallest absolute Gasteiger partial charge is 0.234 e. The van der Waals surface area contributed by atoms with Crippen molar-refractivity contribution < 1.29 is 4.79 Å². The number of hydrogen-bond acceptors (Lipinski definition) is 4. The Balaban J connectivity index is 2.29. The molecule has 0 bridgehead atoms. The number of carbonyl (C=O) groups excluding carboxylic acids is 1. The molecule has 1 amide bonds. The molecule has 0 aromatic carbocycles. The van der Waals surface area contributed by atoms with Crippen LogP contribution < -0.4 is 11.1 Å². The molecule has 0 aliphatic carbocycles. The summed E-state index contributed by atoms with van der Waals surface area (Å²) in [6.45, 7) is 12.9. The third-order valence-corrected chi connectivity index (χ3v) is 4.12. The molecule has 5 nitrogen and oxygen atoms in total. The number of amides is 1. The first-order chi connectivity index (χ1) is 9.52. The molecule has 0 aromatic rings. The van der Waals surface area contributed by atoms with E-state index in [1.165, 1.54) is 0 Å². The average Bonchev–Trinajstić information content (AvgIpc) is 2.61. The Morgan fingerprint density at radius 2 is 1.80 bits per heavy atom. The summed E-state index contributed by atoms with van der Waals surface area (Å²) in [4.78, 5) is 16.7. The highest BCUT2D eigenvalue weighted by atomic mass is 16.2. The maximum atomic E-state index is 12.0. The number of carbonyl (C=O) groups is 1. The van der Waals surface area contributed by atoms with Crippen LogP contribution in [0.4, 0.5) is 0 Å². The number of nitrogens with one attached hydrogen (secondary N) is 1. The van der Waals surface area contributed by atoms with Crippen molar-refractivity contribution in [1.82, 2.24) is 15.1 Å². The first-order valence-corrected chi connectivity index (χ1v) is 7.97. The standard InChI is InChI=1S/C15H32N4O/c1-13(2)14(3)17-15(20)12-19-9-5-8-18(10-11-19)7-4-6-16/h13-14H,4-12,16H2,1-3H3,(H,17,20). The zero-order valence-corrected chi connectivity index (χ0v) is 13.4. The van der Waals surface area contributed by atoms with Crippen LogP contribution in [0.25, 0.3) is 0 Å². The molecule has 3 N–H and O–H groups in total. The SMILES string of the molecule is CC(C)C(C)NC(=O)CN1CCCN(CCCN)CC1. The molecule has 1 aliphatic rings. The highest BCUT2D eigenvalue weighted by Gasteiger charge is 2.18. The molecule has 0 saturated carbocycles. The summed E-state index contributed by atoms with van der Waals surface area (Å²) in [6.07, 6.45) is 2.20. The quantitative estimate of drug-likeness (QED) is 0.715. The van der Waals surface area contributed by atoms with Crippen molar-refractivity contribution in [1.29, 1.82) is 0 Å². The molecule has 0 aromatic heterocycles. The van der Waals surface area contributed by atoms with Gasteiger partial charge in [0.2, 0.25) is 5.91 Å². The largest absolute Gasteiger partial charge is 0.352 e. The van der Waals surface area contributed by atoms with Gasteiger partial charge in [-0.25, -0.2) is 0 Å². The summed E-state index contributed by atoms with van der Waals surface area (Å²) in [5.41, 5.74) is 5.56. The van der Waals surface area contributed by atoms with Gasteiger partial charge < -0.3 is 16.0 Å². The number of nitrogens with zero attached hydrogens (tertiary/aromatic N) is 2. The van der Waals surface area contributed by atoms with Gasteiger partial charge in [-0.1, -0.05) is 13.8 Å². The maximum Gasteiger partial charge on any atom is 0.234 e. The van der Waals surface area contributed by atoms with Gasteiger partial charge in [-0.3, -0.25) is 9.69 Å². The summed E-state index contributed by atoms with van der Waals surface area (Å²) in [7, 11) is 0. The fraction of sp³-hybridized carbons (Fsp3) is 0.933. The predicted molar refractivity (Wildman–Crippen MR) is 83.6 cm³/mol. The van der Waals surface area contributed by atoms with Crippen LogP contribution in [0.15, 0.2) is 0 Å². The van der Waals surface area contributed by atoms with E-state index in [4.69, 9.17) is 5.73 Å². The van der Waals surface area contributed by atoms with Gasteiger partial charge in [0.1, 0.15) is 0 Å². The van der Waals surface area contributed by atoms with Crippen molar-refractivity contribution in [3.8, 4) is 0 Å². The summed E-state index contributed by atoms with van der Waals surface area (Å²) >= 11 is 0. The van der Waals surface area contributed by atoms with Crippen LogP contribution in [0.5, 0.6) is 0 Å². The fourth-order valence-electron chi connectivity index (χ4n) is 2.39. The first-order valence-electron chi connectivity index (χ1n) is 7.97. The molecule has 0 spiro atoms. The molecule has 1 fully saturated rings. The van der Waals surface area contributed by atoms with Crippen molar-refractivity contribution in [2.75, 3.05) is 45.8 Å². The second-order valence-corrected chi connectivity index (χ2v) is 6.21. The van der Waals surface area contributed by atoms with Crippen LogP contribution in [0.3, 0.4) is 0 Å². The number of nitrogens with two attached hydrogens (primary N) is 1. The van der Waals surface area contributed by atoms with Gasteiger partial charge in [0, 0.05) is 19.1 Å². The lowest BCUT2D eigenvalue weighted by molar-refractivity contribution is -0.123. The Bertz CT molecular complexity index is 283. The van der Waals surface area contributed by atoms with Crippen molar-refractivity contribution in [2.24, 2.45) is 11.7 Å². The van der Waals surface area contributed by atoms with Crippen molar-refractivity contribution >= 4 is 5.91 Å². The molecule has 1 heterocycles. The molecule has 118 valence electrons. The van der Waals surface area contributed by atoms with E-state index in [0.717, 1.165) is 52.1 Å². The van der Waals surface area contributed by atoms with E-state index < -0.39 is 0 Å². The minimum absolute atomic E-state index is 0.154. The Hall–Kier alpha value is -0.650. The van der Waals surface area contributed by atoms with Crippen molar-refractivity contribution in [2.45, 2.75) is 39.7 Å². The van der Waals surface area contributed by atoms with Crippen LogP contribution in [-0.2, 0) is 4.79 Å². The van der Waals surface area contributed by atoms with Gasteiger partial charge >= 0.3 is 0 Å². The summed E-state index contributed by atoms with van der Waals surface area (Å²) in [5.74, 6) is 0.636. The Kier molecular flexibility index (Phi) is 8.11. The molecule has 1 aliphatic heterocycles. The van der Waals surface area contributed by atoms with E-state index in [-0.39, 0.29) is 11.9 Å². The van der Waals surface area contributed by atoms with Crippen LogP contribution in [0, 0.1) is 5.92 Å². The van der Waals surface area contributed by atoms with Crippen molar-refractivity contribution in [3.05, 3.63) is 0 Å². The molecule has 5 heteroatoms. The zero-order chi connectivity index (χ0) is 15.0. The topological polar surface area (TPSA) is 61.6 Å². The van der Waals surface area contributed by atoms with Gasteiger partial charge in [-0.15, -0.1) is 0 Å². The summed E-state index contributed by atoms with van der Waals surface area (Å²) in [6, 6.07) is 0.246. The van der Waals surface area contributed by atoms with E-state index in [1.54, 1.807) is 0 Å². The van der Waals surface area contributed by atoms with E-state index in [1.807, 2.05) is 0 Å². The zero-order valence-electron chi connectivity index (χ0n) is 13.4. The third-order valence-electron chi connectivity index (χ3n) is 4.12. The van der Waals surface area contributed by atoms with Crippen LogP contribution in [0.2, 0.25) is 0 Å². The highest BCUT2D eigenvalue weighted by molar-refractivity contribution is 5.78. The van der Waals surface area contributed by atoms with E-state index in [9.17, 15) is 4.79 Å². The van der Waals surface area contributed by atoms with Crippen molar-refractivity contribution in [3.63, 3.8) is 0 Å². The molecule has 1 saturated heterocycles. The minimum Gasteiger partial charge on any atom is -0.352 e. The van der Waals surface area contributed by atoms with Gasteiger partial charge in [0.05, 0.1) is 6.54 Å². The summed E-state index contributed by atoms with van der Waals surface area (Å²) in [5, 5.41) is 3.08. The Morgan fingerprint density at radius 1 is 1.15 bits per heavy atom. The van der Waals surface area contributed by atoms with Gasteiger partial charge in [0.15, 0.2) is 0 Å². The molecular formula is C15H32N4O. The van der Waals surface area contributed by atoms with Gasteiger partial charge in [0.25, 0.3) is 0 Å². The van der Waals surface area contributed by atoms with Crippen LogP contribution in [-0.4, -0.2) is 67.6 Å². The molecule has 20 heavy (non-hydrogen) atoms. The van der Waals surface area contributed by atoms with E-state index in [0.29, 0.717) is 12.5 Å². The minimum atomic E-state index is 0.154. The lowest BCUT2D eigenvalue weighted by atomic mass is 10.1. The first kappa shape index (κ1) is 17.4. The molecule has 1 atom stereocenters. The second-order valence-electron chi connectivity index (χ2n) is 6.21. The van der Waals surface area contributed by atoms with Crippen LogP contribution >= 0.6 is 0 Å². The molecule has 1 rings (SSSR count). The van der Waals surface area contributed by atoms with Gasteiger partial charge in [-0.05, 0) is 51.9 Å². The van der Waals surface area contributed by atoms with Crippen LogP contribution in [0.1, 0.15) is 33.6 Å². The lowest BCUT2D eigenvalue weighted by Gasteiger charge is -2.23. The second kappa shape index (κ2) is 9.32. The average molecular weight is 284 g/mol. The molecular weight excluding hydrogens is 252 g/mol. The third kappa shape index (κ3) is 6.68. The number of rotatable bonds is 7. The normalized spacial score (nSPS) is 19.9. The Morgan fingerprint density at radius 3 is 2.45 bits per heavy atom. The Labute approximate surface area is 123 Å².